The van der Waals surface area contributed by atoms with Crippen LogP contribution in [0.3, 0.4) is 0 Å². The Morgan fingerprint density at radius 2 is 1.13 bits per heavy atom. The van der Waals surface area contributed by atoms with Crippen molar-refractivity contribution in [2.75, 3.05) is 19.0 Å². The lowest BCUT2D eigenvalue weighted by molar-refractivity contribution is -0.300. The third kappa shape index (κ3) is 11.7. The van der Waals surface area contributed by atoms with Crippen LogP contribution in [0, 0.1) is 0 Å². The van der Waals surface area contributed by atoms with Gasteiger partial charge in [-0.1, -0.05) is 97.4 Å². The van der Waals surface area contributed by atoms with Gasteiger partial charge in [0.2, 0.25) is 15.9 Å². The molecule has 0 spiro atoms. The second kappa shape index (κ2) is 19.4. The van der Waals surface area contributed by atoms with Gasteiger partial charge in [-0.05, 0) is 36.5 Å². The Kier molecular flexibility index (Phi) is 15.1. The van der Waals surface area contributed by atoms with Gasteiger partial charge in [0.1, 0.15) is 5.60 Å². The number of carbonyl (C=O) groups is 4. The first-order valence-corrected chi connectivity index (χ1v) is 19.1. The van der Waals surface area contributed by atoms with Gasteiger partial charge in [0.05, 0.1) is 24.9 Å². The number of sulfonamides is 1. The van der Waals surface area contributed by atoms with E-state index in [0.717, 1.165) is 37.5 Å². The van der Waals surface area contributed by atoms with Crippen molar-refractivity contribution in [2.45, 2.75) is 89.7 Å². The van der Waals surface area contributed by atoms with E-state index >= 15 is 0 Å². The number of nitrogens with one attached hydrogen (secondary N) is 1. The highest BCUT2D eigenvalue weighted by Gasteiger charge is 2.51. The third-order valence-electron chi connectivity index (χ3n) is 8.43. The Hall–Kier alpha value is -4.63. The van der Waals surface area contributed by atoms with Crippen LogP contribution in [0.5, 0.6) is 0 Å². The molecule has 1 aliphatic heterocycles. The van der Waals surface area contributed by atoms with E-state index in [1.807, 2.05) is 91.0 Å². The van der Waals surface area contributed by atoms with E-state index in [1.54, 1.807) is 6.92 Å². The molecule has 1 aliphatic rings. The van der Waals surface area contributed by atoms with Crippen molar-refractivity contribution in [3.8, 4) is 0 Å². The van der Waals surface area contributed by atoms with Gasteiger partial charge in [-0.2, -0.15) is 0 Å². The van der Waals surface area contributed by atoms with E-state index in [1.165, 1.54) is 0 Å². The zero-order valence-electron chi connectivity index (χ0n) is 30.3. The van der Waals surface area contributed by atoms with E-state index in [2.05, 4.69) is 4.72 Å². The minimum Gasteiger partial charge on any atom is -0.456 e. The van der Waals surface area contributed by atoms with Gasteiger partial charge < -0.3 is 28.4 Å². The standard InChI is InChI=1S/C39H47NO12S/c1-27-35(50-28(2)41)36(51-29(3)42)37(52-30(4)43)38(49-27)47-25-23-34(44)40-53(45,46)26-16-8-15-24-48-39(31-17-9-5-10-18-31,32-19-11-6-12-20-32)33-21-13-7-14-22-33/h5-7,9-14,17-22,27,35-38H,8,15-16,23-26H2,1-4H3,(H,40,44)/t27-,35+,36+,37-,38-/m1/s1. The Labute approximate surface area is 310 Å². The second-order valence-electron chi connectivity index (χ2n) is 12.6. The SMILES string of the molecule is CC(=O)O[C@H]1[C@@H](OC(C)=O)[C@@H](C)O[C@@H](OCCC(=O)NS(=O)(=O)CCCCCOC(c2ccccc2)(c2ccccc2)c2ccccc2)[C@@H]1OC(C)=O. The summed E-state index contributed by atoms with van der Waals surface area (Å²) in [7, 11) is -3.96. The first-order chi connectivity index (χ1) is 25.3. The summed E-state index contributed by atoms with van der Waals surface area (Å²) in [4.78, 5) is 48.0. The number of esters is 3. The van der Waals surface area contributed by atoms with E-state index in [-0.39, 0.29) is 25.2 Å². The summed E-state index contributed by atoms with van der Waals surface area (Å²) in [6.45, 7) is 4.99. The number of hydrogen-bond acceptors (Lipinski definition) is 12. The highest BCUT2D eigenvalue weighted by Crippen LogP contribution is 2.40. The summed E-state index contributed by atoms with van der Waals surface area (Å²) in [6, 6.07) is 29.9. The van der Waals surface area contributed by atoms with Gasteiger partial charge in [-0.15, -0.1) is 0 Å². The maximum absolute atomic E-state index is 12.8. The van der Waals surface area contributed by atoms with Crippen LogP contribution in [0.1, 0.15) is 70.1 Å². The average molecular weight is 754 g/mol. The van der Waals surface area contributed by atoms with Gasteiger partial charge in [-0.25, -0.2) is 8.42 Å². The van der Waals surface area contributed by atoms with Crippen LogP contribution in [0.15, 0.2) is 91.0 Å². The van der Waals surface area contributed by atoms with Crippen LogP contribution in [-0.2, 0) is 63.2 Å². The van der Waals surface area contributed by atoms with Crippen molar-refractivity contribution in [1.29, 1.82) is 0 Å². The smallest absolute Gasteiger partial charge is 0.303 e. The molecule has 0 radical (unpaired) electrons. The number of unbranched alkanes of at least 4 members (excludes halogenated alkanes) is 2. The molecule has 1 saturated heterocycles. The highest BCUT2D eigenvalue weighted by atomic mass is 32.2. The summed E-state index contributed by atoms with van der Waals surface area (Å²) in [5, 5.41) is 0. The Bertz CT molecular complexity index is 1660. The Morgan fingerprint density at radius 1 is 0.660 bits per heavy atom. The highest BCUT2D eigenvalue weighted by molar-refractivity contribution is 7.90. The molecule has 0 bridgehead atoms. The Balaban J connectivity index is 1.29. The fourth-order valence-electron chi connectivity index (χ4n) is 6.21. The molecule has 0 unspecified atom stereocenters. The molecule has 4 rings (SSSR count). The first kappa shape index (κ1) is 41.1. The van der Waals surface area contributed by atoms with E-state index in [4.69, 9.17) is 28.4 Å². The Morgan fingerprint density at radius 3 is 1.62 bits per heavy atom. The number of ether oxygens (including phenoxy) is 6. The average Bonchev–Trinajstić information content (AvgIpc) is 3.11. The predicted octanol–water partition coefficient (Wildman–Crippen LogP) is 4.56. The normalized spacial score (nSPS) is 20.2. The van der Waals surface area contributed by atoms with Crippen LogP contribution in [-0.4, -0.2) is 81.9 Å². The van der Waals surface area contributed by atoms with Crippen molar-refractivity contribution in [3.63, 3.8) is 0 Å². The summed E-state index contributed by atoms with van der Waals surface area (Å²) in [5.74, 6) is -3.24. The van der Waals surface area contributed by atoms with Crippen molar-refractivity contribution in [3.05, 3.63) is 108 Å². The summed E-state index contributed by atoms with van der Waals surface area (Å²) >= 11 is 0. The molecule has 0 aliphatic carbocycles. The molecular weight excluding hydrogens is 706 g/mol. The van der Waals surface area contributed by atoms with E-state index < -0.39 is 70.1 Å². The largest absolute Gasteiger partial charge is 0.456 e. The monoisotopic (exact) mass is 753 g/mol. The molecule has 53 heavy (non-hydrogen) atoms. The fraction of sp³-hybridized carbons (Fsp3) is 0.436. The molecule has 1 N–H and O–H groups in total. The molecule has 0 aromatic heterocycles. The zero-order valence-corrected chi connectivity index (χ0v) is 31.1. The lowest BCUT2D eigenvalue weighted by Gasteiger charge is -2.43. The van der Waals surface area contributed by atoms with Crippen LogP contribution in [0.4, 0.5) is 0 Å². The number of rotatable bonds is 18. The zero-order chi connectivity index (χ0) is 38.4. The predicted molar refractivity (Wildman–Crippen MR) is 193 cm³/mol. The van der Waals surface area contributed by atoms with E-state index in [0.29, 0.717) is 19.4 Å². The maximum atomic E-state index is 12.8. The van der Waals surface area contributed by atoms with Crippen molar-refractivity contribution in [2.24, 2.45) is 0 Å². The van der Waals surface area contributed by atoms with Crippen molar-refractivity contribution >= 4 is 33.8 Å². The maximum Gasteiger partial charge on any atom is 0.303 e. The quantitative estimate of drug-likeness (QED) is 0.0833. The molecule has 0 saturated carbocycles. The molecule has 1 amide bonds. The summed E-state index contributed by atoms with van der Waals surface area (Å²) in [6.07, 6.45) is -4.88. The third-order valence-corrected chi connectivity index (χ3v) is 9.80. The lowest BCUT2D eigenvalue weighted by atomic mass is 9.80. The van der Waals surface area contributed by atoms with Crippen molar-refractivity contribution in [1.82, 2.24) is 4.72 Å². The molecule has 14 heteroatoms. The molecule has 1 fully saturated rings. The molecule has 286 valence electrons. The number of benzene rings is 3. The first-order valence-electron chi connectivity index (χ1n) is 17.4. The van der Waals surface area contributed by atoms with Gasteiger partial charge in [0, 0.05) is 27.4 Å². The second-order valence-corrected chi connectivity index (χ2v) is 14.4. The minimum absolute atomic E-state index is 0.278. The number of amides is 1. The summed E-state index contributed by atoms with van der Waals surface area (Å²) in [5.41, 5.74) is 2.02. The van der Waals surface area contributed by atoms with Gasteiger partial charge in [0.25, 0.3) is 0 Å². The van der Waals surface area contributed by atoms with Crippen molar-refractivity contribution < 1.29 is 56.0 Å². The van der Waals surface area contributed by atoms with Crippen LogP contribution >= 0.6 is 0 Å². The molecule has 3 aromatic carbocycles. The molecule has 13 nitrogen and oxygen atoms in total. The lowest BCUT2D eigenvalue weighted by Crippen LogP contribution is -2.61. The fourth-order valence-corrected chi connectivity index (χ4v) is 7.35. The van der Waals surface area contributed by atoms with Crippen LogP contribution in [0.25, 0.3) is 0 Å². The van der Waals surface area contributed by atoms with Gasteiger partial charge >= 0.3 is 17.9 Å². The number of carbonyl (C=O) groups excluding carboxylic acids is 4. The van der Waals surface area contributed by atoms with Crippen LogP contribution < -0.4 is 4.72 Å². The molecule has 3 aromatic rings. The number of hydrogen-bond donors (Lipinski definition) is 1. The van der Waals surface area contributed by atoms with Crippen LogP contribution in [0.2, 0.25) is 0 Å². The molecular formula is C39H47NO12S. The molecule has 1 heterocycles. The van der Waals surface area contributed by atoms with Gasteiger partial charge in [0.15, 0.2) is 24.6 Å². The van der Waals surface area contributed by atoms with E-state index in [9.17, 15) is 27.6 Å². The molecule has 5 atom stereocenters. The topological polar surface area (TPSA) is 170 Å². The minimum atomic E-state index is -3.96. The van der Waals surface area contributed by atoms with Gasteiger partial charge in [-0.3, -0.25) is 23.9 Å². The summed E-state index contributed by atoms with van der Waals surface area (Å²) < 4.78 is 61.7.